The van der Waals surface area contributed by atoms with Crippen LogP contribution in [0.1, 0.15) is 15.9 Å². The Balaban J connectivity index is 1.44. The molecule has 5 rings (SSSR count). The number of fused-ring (bicyclic) bond motifs is 3. The molecule has 33 heavy (non-hydrogen) atoms. The van der Waals surface area contributed by atoms with Crippen LogP contribution in [0.4, 0.5) is 5.82 Å². The molecule has 3 aromatic heterocycles. The molecule has 0 aliphatic carbocycles. The molecular weight excluding hydrogens is 436 g/mol. The highest BCUT2D eigenvalue weighted by Gasteiger charge is 2.17. The van der Waals surface area contributed by atoms with Crippen LogP contribution in [0.5, 0.6) is 5.75 Å². The fourth-order valence-electron chi connectivity index (χ4n) is 3.74. The summed E-state index contributed by atoms with van der Waals surface area (Å²) >= 11 is 1.49. The summed E-state index contributed by atoms with van der Waals surface area (Å²) in [6.45, 7) is 0.413. The number of carbonyl (C=O) groups excluding carboxylic acids is 1. The number of benzene rings is 2. The summed E-state index contributed by atoms with van der Waals surface area (Å²) in [6.07, 6.45) is 1.76. The quantitative estimate of drug-likeness (QED) is 0.396. The molecule has 0 bridgehead atoms. The van der Waals surface area contributed by atoms with Crippen molar-refractivity contribution in [2.75, 3.05) is 19.5 Å². The zero-order valence-corrected chi connectivity index (χ0v) is 19.2. The largest absolute Gasteiger partial charge is 0.497 e. The van der Waals surface area contributed by atoms with Gasteiger partial charge >= 0.3 is 0 Å². The predicted molar refractivity (Wildman–Crippen MR) is 131 cm³/mol. The highest BCUT2D eigenvalue weighted by atomic mass is 32.1. The predicted octanol–water partition coefficient (Wildman–Crippen LogP) is 4.23. The first kappa shape index (κ1) is 20.9. The molecule has 9 heteroatoms. The van der Waals surface area contributed by atoms with Gasteiger partial charge in [-0.25, -0.2) is 15.0 Å². The van der Waals surface area contributed by atoms with E-state index in [1.54, 1.807) is 19.5 Å². The second-order valence-corrected chi connectivity index (χ2v) is 8.53. The van der Waals surface area contributed by atoms with Crippen LogP contribution in [-0.2, 0) is 13.6 Å². The number of carbonyl (C=O) groups is 1. The third kappa shape index (κ3) is 3.87. The Hall–Kier alpha value is -3.98. The summed E-state index contributed by atoms with van der Waals surface area (Å²) < 4.78 is 7.20. The fourth-order valence-corrected chi connectivity index (χ4v) is 4.68. The molecule has 0 spiro atoms. The van der Waals surface area contributed by atoms with E-state index in [0.717, 1.165) is 49.1 Å². The Labute approximate surface area is 194 Å². The van der Waals surface area contributed by atoms with E-state index in [-0.39, 0.29) is 5.91 Å². The standard InChI is InChI=1S/C24H22N6O2S/c1-25-21-18-20(30(2)13-27-18)19-24(29-21)33-23(28-19)16-8-5-7-15(11-16)22(31)26-12-14-6-4-9-17(10-14)32-3/h4-11,13H,12H2,1-3H3,(H,25,29)(H,26,31). The zero-order valence-electron chi connectivity index (χ0n) is 18.4. The van der Waals surface area contributed by atoms with Crippen molar-refractivity contribution in [3.05, 3.63) is 66.0 Å². The minimum absolute atomic E-state index is 0.148. The average Bonchev–Trinajstić information content (AvgIpc) is 3.45. The van der Waals surface area contributed by atoms with E-state index in [4.69, 9.17) is 14.7 Å². The molecule has 0 saturated carbocycles. The lowest BCUT2D eigenvalue weighted by Crippen LogP contribution is -2.22. The summed E-state index contributed by atoms with van der Waals surface area (Å²) in [7, 11) is 5.40. The second kappa shape index (κ2) is 8.51. The summed E-state index contributed by atoms with van der Waals surface area (Å²) in [5.74, 6) is 1.33. The van der Waals surface area contributed by atoms with E-state index < -0.39 is 0 Å². The van der Waals surface area contributed by atoms with Gasteiger partial charge in [-0.2, -0.15) is 0 Å². The van der Waals surface area contributed by atoms with Gasteiger partial charge in [-0.05, 0) is 29.8 Å². The van der Waals surface area contributed by atoms with E-state index in [9.17, 15) is 4.79 Å². The van der Waals surface area contributed by atoms with Crippen molar-refractivity contribution in [3.63, 3.8) is 0 Å². The summed E-state index contributed by atoms with van der Waals surface area (Å²) in [5.41, 5.74) is 4.93. The summed E-state index contributed by atoms with van der Waals surface area (Å²) in [5, 5.41) is 6.89. The van der Waals surface area contributed by atoms with Crippen LogP contribution in [0.25, 0.3) is 32.0 Å². The van der Waals surface area contributed by atoms with Crippen molar-refractivity contribution in [1.82, 2.24) is 24.8 Å². The van der Waals surface area contributed by atoms with Crippen molar-refractivity contribution in [1.29, 1.82) is 0 Å². The molecule has 3 heterocycles. The monoisotopic (exact) mass is 458 g/mol. The number of amides is 1. The van der Waals surface area contributed by atoms with Gasteiger partial charge in [0, 0.05) is 31.8 Å². The lowest BCUT2D eigenvalue weighted by Gasteiger charge is -2.08. The Bertz CT molecular complexity index is 1490. The second-order valence-electron chi connectivity index (χ2n) is 7.55. The van der Waals surface area contributed by atoms with Crippen molar-refractivity contribution in [3.8, 4) is 16.3 Å². The number of hydrogen-bond donors (Lipinski definition) is 2. The van der Waals surface area contributed by atoms with Crippen molar-refractivity contribution >= 4 is 44.4 Å². The first-order valence-electron chi connectivity index (χ1n) is 10.4. The molecule has 0 aliphatic rings. The normalized spacial score (nSPS) is 11.1. The molecule has 2 aromatic carbocycles. The van der Waals surface area contributed by atoms with Gasteiger partial charge in [0.1, 0.15) is 32.1 Å². The van der Waals surface area contributed by atoms with Gasteiger partial charge in [-0.1, -0.05) is 35.6 Å². The molecule has 5 aromatic rings. The minimum Gasteiger partial charge on any atom is -0.497 e. The SMILES string of the molecule is CNc1nc2sc(-c3cccc(C(=O)NCc4cccc(OC)c4)c3)nc2c2c1ncn2C. The van der Waals surface area contributed by atoms with E-state index in [2.05, 4.69) is 15.6 Å². The fraction of sp³-hybridized carbons (Fsp3) is 0.167. The third-order valence-corrected chi connectivity index (χ3v) is 6.40. The third-order valence-electron chi connectivity index (χ3n) is 5.40. The van der Waals surface area contributed by atoms with E-state index in [1.165, 1.54) is 11.3 Å². The van der Waals surface area contributed by atoms with Crippen molar-refractivity contribution in [2.45, 2.75) is 6.54 Å². The molecule has 0 saturated heterocycles. The number of methoxy groups -OCH3 is 1. The molecule has 0 fully saturated rings. The summed E-state index contributed by atoms with van der Waals surface area (Å²) in [4.78, 5) is 27.6. The van der Waals surface area contributed by atoms with Crippen LogP contribution in [-0.4, -0.2) is 39.6 Å². The number of hydrogen-bond acceptors (Lipinski definition) is 7. The van der Waals surface area contributed by atoms with Gasteiger partial charge in [-0.15, -0.1) is 0 Å². The van der Waals surface area contributed by atoms with Gasteiger partial charge < -0.3 is 19.9 Å². The molecule has 0 unspecified atom stereocenters. The molecule has 0 radical (unpaired) electrons. The van der Waals surface area contributed by atoms with Crippen molar-refractivity contribution in [2.24, 2.45) is 7.05 Å². The molecule has 0 aliphatic heterocycles. The number of aromatic nitrogens is 4. The molecule has 166 valence electrons. The van der Waals surface area contributed by atoms with Gasteiger partial charge in [0.15, 0.2) is 5.82 Å². The number of aryl methyl sites for hydroxylation is 1. The van der Waals surface area contributed by atoms with Crippen LogP contribution < -0.4 is 15.4 Å². The van der Waals surface area contributed by atoms with Crippen LogP contribution in [0, 0.1) is 0 Å². The molecule has 0 atom stereocenters. The Morgan fingerprint density at radius 1 is 1.12 bits per heavy atom. The first-order chi connectivity index (χ1) is 16.1. The molecule has 2 N–H and O–H groups in total. The summed E-state index contributed by atoms with van der Waals surface area (Å²) in [6, 6.07) is 15.1. The number of imidazole rings is 1. The molecule has 8 nitrogen and oxygen atoms in total. The Morgan fingerprint density at radius 3 is 2.79 bits per heavy atom. The maximum atomic E-state index is 12.8. The smallest absolute Gasteiger partial charge is 0.251 e. The number of ether oxygens (including phenoxy) is 1. The van der Waals surface area contributed by atoms with Gasteiger partial charge in [0.05, 0.1) is 13.4 Å². The van der Waals surface area contributed by atoms with E-state index in [0.29, 0.717) is 12.1 Å². The number of pyridine rings is 1. The maximum absolute atomic E-state index is 12.8. The van der Waals surface area contributed by atoms with Crippen LogP contribution in [0.15, 0.2) is 54.9 Å². The van der Waals surface area contributed by atoms with Crippen LogP contribution in [0.2, 0.25) is 0 Å². The minimum atomic E-state index is -0.148. The number of anilines is 1. The zero-order chi connectivity index (χ0) is 22.9. The van der Waals surface area contributed by atoms with E-state index in [1.807, 2.05) is 61.1 Å². The Kier molecular flexibility index (Phi) is 5.39. The lowest BCUT2D eigenvalue weighted by molar-refractivity contribution is 0.0951. The lowest BCUT2D eigenvalue weighted by atomic mass is 10.1. The van der Waals surface area contributed by atoms with Crippen LogP contribution >= 0.6 is 11.3 Å². The van der Waals surface area contributed by atoms with Gasteiger partial charge in [0.2, 0.25) is 0 Å². The number of nitrogens with one attached hydrogen (secondary N) is 2. The molecular formula is C24H22N6O2S. The number of thiazole rings is 1. The molecule has 1 amide bonds. The van der Waals surface area contributed by atoms with Gasteiger partial charge in [-0.3, -0.25) is 4.79 Å². The highest BCUT2D eigenvalue weighted by molar-refractivity contribution is 7.21. The van der Waals surface area contributed by atoms with Crippen molar-refractivity contribution < 1.29 is 9.53 Å². The van der Waals surface area contributed by atoms with Gasteiger partial charge in [0.25, 0.3) is 5.91 Å². The maximum Gasteiger partial charge on any atom is 0.251 e. The Morgan fingerprint density at radius 2 is 1.97 bits per heavy atom. The topological polar surface area (TPSA) is 94.0 Å². The van der Waals surface area contributed by atoms with E-state index >= 15 is 0 Å². The highest BCUT2D eigenvalue weighted by Crippen LogP contribution is 2.35. The number of nitrogens with zero attached hydrogens (tertiary/aromatic N) is 4. The van der Waals surface area contributed by atoms with Crippen LogP contribution in [0.3, 0.4) is 0 Å². The first-order valence-corrected chi connectivity index (χ1v) is 11.2. The average molecular weight is 459 g/mol. The number of rotatable bonds is 6.